The van der Waals surface area contributed by atoms with Crippen LogP contribution in [0.4, 0.5) is 0 Å². The molecule has 1 N–H and O–H groups in total. The standard InChI is InChI=1S/C17H29N3/c1-4-19-16(13-15-9-8-12-18-14-15)17(20(2)3)10-6-5-7-11-17/h8-9,12,14,16,19H,4-7,10-11,13H2,1-3H3. The van der Waals surface area contributed by atoms with Crippen LogP contribution in [0, 0.1) is 0 Å². The van der Waals surface area contributed by atoms with Crippen molar-refractivity contribution in [1.82, 2.24) is 15.2 Å². The second kappa shape index (κ2) is 7.19. The van der Waals surface area contributed by atoms with Crippen LogP contribution in [0.1, 0.15) is 44.6 Å². The van der Waals surface area contributed by atoms with Crippen LogP contribution in [-0.2, 0) is 6.42 Å². The van der Waals surface area contributed by atoms with Crippen LogP contribution < -0.4 is 5.32 Å². The highest BCUT2D eigenvalue weighted by Gasteiger charge is 2.41. The van der Waals surface area contributed by atoms with Crippen molar-refractivity contribution in [2.45, 2.75) is 57.0 Å². The van der Waals surface area contributed by atoms with Crippen molar-refractivity contribution in [1.29, 1.82) is 0 Å². The fraction of sp³-hybridized carbons (Fsp3) is 0.706. The maximum absolute atomic E-state index is 4.27. The maximum atomic E-state index is 4.27. The van der Waals surface area contributed by atoms with E-state index in [0.29, 0.717) is 11.6 Å². The monoisotopic (exact) mass is 275 g/mol. The summed E-state index contributed by atoms with van der Waals surface area (Å²) in [6.45, 7) is 3.24. The third-order valence-corrected chi connectivity index (χ3v) is 4.87. The molecule has 0 spiro atoms. The molecule has 20 heavy (non-hydrogen) atoms. The van der Waals surface area contributed by atoms with Gasteiger partial charge in [-0.25, -0.2) is 0 Å². The van der Waals surface area contributed by atoms with E-state index in [1.54, 1.807) is 0 Å². The molecular weight excluding hydrogens is 246 g/mol. The van der Waals surface area contributed by atoms with Gasteiger partial charge < -0.3 is 10.2 Å². The molecule has 112 valence electrons. The fourth-order valence-electron chi connectivity index (χ4n) is 3.72. The first-order valence-electron chi connectivity index (χ1n) is 7.99. The summed E-state index contributed by atoms with van der Waals surface area (Å²) in [5, 5.41) is 3.75. The van der Waals surface area contributed by atoms with Crippen LogP contribution in [0.5, 0.6) is 0 Å². The van der Waals surface area contributed by atoms with E-state index < -0.39 is 0 Å². The Balaban J connectivity index is 2.20. The molecule has 0 saturated heterocycles. The van der Waals surface area contributed by atoms with Crippen LogP contribution in [0.2, 0.25) is 0 Å². The summed E-state index contributed by atoms with van der Waals surface area (Å²) < 4.78 is 0. The Hall–Kier alpha value is -0.930. The largest absolute Gasteiger partial charge is 0.312 e. The van der Waals surface area contributed by atoms with E-state index in [4.69, 9.17) is 0 Å². The normalized spacial score (nSPS) is 20.0. The van der Waals surface area contributed by atoms with Crippen molar-refractivity contribution in [3.63, 3.8) is 0 Å². The Labute approximate surface area is 123 Å². The molecule has 0 aliphatic heterocycles. The van der Waals surface area contributed by atoms with Gasteiger partial charge in [-0.2, -0.15) is 0 Å². The molecule has 1 heterocycles. The minimum absolute atomic E-state index is 0.296. The molecule has 0 bridgehead atoms. The van der Waals surface area contributed by atoms with Gasteiger partial charge in [-0.1, -0.05) is 32.3 Å². The molecule has 1 aromatic rings. The summed E-state index contributed by atoms with van der Waals surface area (Å²) in [4.78, 5) is 6.74. The van der Waals surface area contributed by atoms with Crippen molar-refractivity contribution < 1.29 is 0 Å². The van der Waals surface area contributed by atoms with E-state index >= 15 is 0 Å². The maximum Gasteiger partial charge on any atom is 0.0359 e. The lowest BCUT2D eigenvalue weighted by Gasteiger charge is -2.49. The molecule has 0 amide bonds. The summed E-state index contributed by atoms with van der Waals surface area (Å²) >= 11 is 0. The van der Waals surface area contributed by atoms with Crippen molar-refractivity contribution in [2.75, 3.05) is 20.6 Å². The molecule has 0 radical (unpaired) electrons. The Bertz CT molecular complexity index is 382. The third-order valence-electron chi connectivity index (χ3n) is 4.87. The molecule has 1 unspecified atom stereocenters. The fourth-order valence-corrected chi connectivity index (χ4v) is 3.72. The first-order chi connectivity index (χ1) is 9.69. The minimum Gasteiger partial charge on any atom is -0.312 e. The lowest BCUT2D eigenvalue weighted by Crippen LogP contribution is -2.60. The lowest BCUT2D eigenvalue weighted by molar-refractivity contribution is 0.0574. The minimum atomic E-state index is 0.296. The van der Waals surface area contributed by atoms with Crippen LogP contribution >= 0.6 is 0 Å². The molecule has 1 fully saturated rings. The molecule has 1 atom stereocenters. The number of aromatic nitrogens is 1. The van der Waals surface area contributed by atoms with Gasteiger partial charge in [0.2, 0.25) is 0 Å². The smallest absolute Gasteiger partial charge is 0.0359 e. The zero-order chi connectivity index (χ0) is 14.4. The third kappa shape index (κ3) is 3.39. The van der Waals surface area contributed by atoms with Gasteiger partial charge in [0.05, 0.1) is 0 Å². The Morgan fingerprint density at radius 1 is 1.30 bits per heavy atom. The quantitative estimate of drug-likeness (QED) is 0.865. The van der Waals surface area contributed by atoms with Gasteiger partial charge in [-0.05, 0) is 51.5 Å². The topological polar surface area (TPSA) is 28.2 Å². The molecule has 3 nitrogen and oxygen atoms in total. The summed E-state index contributed by atoms with van der Waals surface area (Å²) in [5.41, 5.74) is 1.63. The number of hydrogen-bond acceptors (Lipinski definition) is 3. The first-order valence-corrected chi connectivity index (χ1v) is 7.99. The van der Waals surface area contributed by atoms with Gasteiger partial charge in [-0.3, -0.25) is 4.98 Å². The van der Waals surface area contributed by atoms with E-state index in [1.165, 1.54) is 37.7 Å². The second-order valence-corrected chi connectivity index (χ2v) is 6.23. The van der Waals surface area contributed by atoms with Gasteiger partial charge in [-0.15, -0.1) is 0 Å². The predicted molar refractivity (Wildman–Crippen MR) is 84.9 cm³/mol. The van der Waals surface area contributed by atoms with Crippen LogP contribution in [0.3, 0.4) is 0 Å². The van der Waals surface area contributed by atoms with Crippen molar-refractivity contribution >= 4 is 0 Å². The molecule has 1 aromatic heterocycles. The van der Waals surface area contributed by atoms with Gasteiger partial charge in [0, 0.05) is 24.0 Å². The van der Waals surface area contributed by atoms with Crippen molar-refractivity contribution in [2.24, 2.45) is 0 Å². The number of hydrogen-bond donors (Lipinski definition) is 1. The van der Waals surface area contributed by atoms with Crippen LogP contribution in [0.25, 0.3) is 0 Å². The van der Waals surface area contributed by atoms with Crippen LogP contribution in [0.15, 0.2) is 24.5 Å². The average molecular weight is 275 g/mol. The van der Waals surface area contributed by atoms with Crippen molar-refractivity contribution in [3.8, 4) is 0 Å². The number of nitrogens with zero attached hydrogens (tertiary/aromatic N) is 2. The Kier molecular flexibility index (Phi) is 5.55. The Morgan fingerprint density at radius 2 is 2.05 bits per heavy atom. The number of pyridine rings is 1. The number of likely N-dealkylation sites (N-methyl/N-ethyl adjacent to an activating group) is 2. The average Bonchev–Trinajstić information content (AvgIpc) is 2.48. The highest BCUT2D eigenvalue weighted by Crippen LogP contribution is 2.36. The molecular formula is C17H29N3. The summed E-state index contributed by atoms with van der Waals surface area (Å²) in [6, 6.07) is 4.75. The second-order valence-electron chi connectivity index (χ2n) is 6.23. The molecule has 3 heteroatoms. The molecule has 1 aliphatic carbocycles. The lowest BCUT2D eigenvalue weighted by atomic mass is 9.73. The number of nitrogens with one attached hydrogen (secondary N) is 1. The van der Waals surface area contributed by atoms with Gasteiger partial charge in [0.15, 0.2) is 0 Å². The Morgan fingerprint density at radius 3 is 2.60 bits per heavy atom. The zero-order valence-corrected chi connectivity index (χ0v) is 13.2. The van der Waals surface area contributed by atoms with Gasteiger partial charge in [0.1, 0.15) is 0 Å². The van der Waals surface area contributed by atoms with Crippen molar-refractivity contribution in [3.05, 3.63) is 30.1 Å². The molecule has 1 aliphatic rings. The zero-order valence-electron chi connectivity index (χ0n) is 13.2. The molecule has 1 saturated carbocycles. The van der Waals surface area contributed by atoms with E-state index in [-0.39, 0.29) is 0 Å². The van der Waals surface area contributed by atoms with E-state index in [1.807, 2.05) is 18.5 Å². The van der Waals surface area contributed by atoms with Gasteiger partial charge >= 0.3 is 0 Å². The molecule has 2 rings (SSSR count). The summed E-state index contributed by atoms with van der Waals surface area (Å²) in [7, 11) is 4.50. The number of rotatable bonds is 6. The summed E-state index contributed by atoms with van der Waals surface area (Å²) in [6.07, 6.45) is 11.6. The first kappa shape index (κ1) is 15.5. The summed E-state index contributed by atoms with van der Waals surface area (Å²) in [5.74, 6) is 0. The van der Waals surface area contributed by atoms with Crippen LogP contribution in [-0.4, -0.2) is 42.1 Å². The highest BCUT2D eigenvalue weighted by atomic mass is 15.2. The van der Waals surface area contributed by atoms with Gasteiger partial charge in [0.25, 0.3) is 0 Å². The molecule has 0 aromatic carbocycles. The predicted octanol–water partition coefficient (Wildman–Crippen LogP) is 2.87. The SMILES string of the molecule is CCNC(Cc1cccnc1)C1(N(C)C)CCCCC1. The van der Waals surface area contributed by atoms with E-state index in [9.17, 15) is 0 Å². The van der Waals surface area contributed by atoms with E-state index in [0.717, 1.165) is 13.0 Å². The highest BCUT2D eigenvalue weighted by molar-refractivity contribution is 5.14. The van der Waals surface area contributed by atoms with E-state index in [2.05, 4.69) is 42.3 Å².